The zero-order chi connectivity index (χ0) is 20.5. The van der Waals surface area contributed by atoms with E-state index in [0.29, 0.717) is 22.1 Å². The van der Waals surface area contributed by atoms with Gasteiger partial charge >= 0.3 is 0 Å². The van der Waals surface area contributed by atoms with E-state index in [-0.39, 0.29) is 12.1 Å². The van der Waals surface area contributed by atoms with E-state index in [4.69, 9.17) is 16.6 Å². The molecule has 1 spiro atoms. The molecule has 0 radical (unpaired) electrons. The molecule has 1 aromatic heterocycles. The van der Waals surface area contributed by atoms with E-state index in [2.05, 4.69) is 26.9 Å². The van der Waals surface area contributed by atoms with Crippen molar-refractivity contribution in [3.8, 4) is 0 Å². The molecule has 0 amide bonds. The number of nitrogens with zero attached hydrogens (tertiary/aromatic N) is 4. The largest absolute Gasteiger partial charge is 0.394 e. The van der Waals surface area contributed by atoms with Crippen LogP contribution in [0.3, 0.4) is 0 Å². The number of aliphatic hydroxyl groups is 1. The smallest absolute Gasteiger partial charge is 0.227 e. The third-order valence-corrected chi connectivity index (χ3v) is 9.18. The van der Waals surface area contributed by atoms with Gasteiger partial charge in [-0.05, 0) is 55.7 Å². The molecule has 2 aromatic rings. The highest BCUT2D eigenvalue weighted by Gasteiger charge is 2.54. The van der Waals surface area contributed by atoms with E-state index in [1.807, 2.05) is 12.1 Å². The second-order valence-corrected chi connectivity index (χ2v) is 11.3. The Kier molecular flexibility index (Phi) is 4.21. The lowest BCUT2D eigenvalue weighted by molar-refractivity contribution is 0.0620. The lowest BCUT2D eigenvalue weighted by Gasteiger charge is -2.59. The first-order chi connectivity index (χ1) is 14.5. The highest BCUT2D eigenvalue weighted by Crippen LogP contribution is 2.56. The summed E-state index contributed by atoms with van der Waals surface area (Å²) >= 11 is 6.01. The van der Waals surface area contributed by atoms with Crippen LogP contribution in [-0.2, 0) is 10.8 Å². The molecule has 3 fully saturated rings. The Morgan fingerprint density at radius 3 is 2.57 bits per heavy atom. The molecule has 2 aliphatic heterocycles. The molecular formula is C22H25ClN4O2S. The molecular weight excluding hydrogens is 420 g/mol. The second kappa shape index (κ2) is 6.65. The van der Waals surface area contributed by atoms with Crippen LogP contribution in [0.25, 0.3) is 0 Å². The van der Waals surface area contributed by atoms with Crippen molar-refractivity contribution in [3.05, 3.63) is 41.0 Å². The molecule has 6 rings (SSSR count). The Morgan fingerprint density at radius 2 is 1.93 bits per heavy atom. The van der Waals surface area contributed by atoms with Gasteiger partial charge in [-0.2, -0.15) is 4.98 Å². The molecule has 1 atom stereocenters. The Bertz CT molecular complexity index is 1010. The van der Waals surface area contributed by atoms with E-state index >= 15 is 0 Å². The van der Waals surface area contributed by atoms with Crippen LogP contribution in [0.4, 0.5) is 11.8 Å². The highest BCUT2D eigenvalue weighted by atomic mass is 35.5. The molecule has 1 aromatic carbocycles. The quantitative estimate of drug-likeness (QED) is 0.780. The average molecular weight is 445 g/mol. The minimum Gasteiger partial charge on any atom is -0.394 e. The summed E-state index contributed by atoms with van der Waals surface area (Å²) in [5, 5.41) is 10.8. The number of hydrogen-bond donors (Lipinski definition) is 1. The first kappa shape index (κ1) is 19.0. The summed E-state index contributed by atoms with van der Waals surface area (Å²) in [5.41, 5.74) is 1.46. The lowest BCUT2D eigenvalue weighted by atomic mass is 9.56. The summed E-state index contributed by atoms with van der Waals surface area (Å²) in [6.07, 6.45) is 7.08. The molecule has 1 saturated heterocycles. The molecule has 158 valence electrons. The minimum atomic E-state index is -1.12. The van der Waals surface area contributed by atoms with Gasteiger partial charge in [0.05, 0.1) is 29.1 Å². The molecule has 4 aliphatic rings. The van der Waals surface area contributed by atoms with Gasteiger partial charge in [0.15, 0.2) is 5.82 Å². The van der Waals surface area contributed by atoms with Crippen LogP contribution in [0.2, 0.25) is 5.02 Å². The van der Waals surface area contributed by atoms with Crippen LogP contribution in [0.1, 0.15) is 43.6 Å². The standard InChI is InChI=1S/C22H25ClN4O2S/c23-17-4-2-15(3-5-17)16-8-21(9-16)11-26(12-21)20-24-10-18-19(25-20)27(14-30(18)29)22(13-28)6-1-7-22/h2-5,10,16,28H,1,6-9,11-14H2. The van der Waals surface area contributed by atoms with Gasteiger partial charge in [0, 0.05) is 23.5 Å². The third-order valence-electron chi connectivity index (χ3n) is 7.66. The molecule has 6 nitrogen and oxygen atoms in total. The van der Waals surface area contributed by atoms with Gasteiger partial charge in [-0.15, -0.1) is 0 Å². The van der Waals surface area contributed by atoms with Crippen molar-refractivity contribution in [3.63, 3.8) is 0 Å². The van der Waals surface area contributed by atoms with Crippen molar-refractivity contribution < 1.29 is 9.32 Å². The number of anilines is 2. The van der Waals surface area contributed by atoms with Crippen LogP contribution >= 0.6 is 11.6 Å². The van der Waals surface area contributed by atoms with E-state index in [1.54, 1.807) is 6.20 Å². The molecule has 0 bridgehead atoms. The van der Waals surface area contributed by atoms with Crippen LogP contribution in [0.5, 0.6) is 0 Å². The predicted octanol–water partition coefficient (Wildman–Crippen LogP) is 3.31. The number of halogens is 1. The zero-order valence-corrected chi connectivity index (χ0v) is 18.3. The molecule has 30 heavy (non-hydrogen) atoms. The van der Waals surface area contributed by atoms with Crippen molar-refractivity contribution in [2.45, 2.75) is 48.5 Å². The van der Waals surface area contributed by atoms with Crippen molar-refractivity contribution in [1.82, 2.24) is 9.97 Å². The first-order valence-corrected chi connectivity index (χ1v) is 12.4. The normalized spacial score (nSPS) is 26.1. The van der Waals surface area contributed by atoms with E-state index in [9.17, 15) is 9.32 Å². The number of fused-ring (bicyclic) bond motifs is 1. The molecule has 2 aliphatic carbocycles. The van der Waals surface area contributed by atoms with Gasteiger partial charge in [-0.3, -0.25) is 4.21 Å². The summed E-state index contributed by atoms with van der Waals surface area (Å²) in [4.78, 5) is 14.4. The Labute approximate surface area is 183 Å². The number of rotatable bonds is 4. The van der Waals surface area contributed by atoms with Crippen molar-refractivity contribution >= 4 is 34.2 Å². The van der Waals surface area contributed by atoms with Gasteiger partial charge in [0.1, 0.15) is 10.8 Å². The maximum Gasteiger partial charge on any atom is 0.227 e. The summed E-state index contributed by atoms with van der Waals surface area (Å²) in [6, 6.07) is 8.24. The maximum absolute atomic E-state index is 12.6. The summed E-state index contributed by atoms with van der Waals surface area (Å²) in [7, 11) is -1.12. The minimum absolute atomic E-state index is 0.0852. The first-order valence-electron chi connectivity index (χ1n) is 10.7. The molecule has 1 unspecified atom stereocenters. The number of hydrogen-bond acceptors (Lipinski definition) is 6. The topological polar surface area (TPSA) is 69.6 Å². The Morgan fingerprint density at radius 1 is 1.20 bits per heavy atom. The van der Waals surface area contributed by atoms with Gasteiger partial charge < -0.3 is 14.9 Å². The lowest BCUT2D eigenvalue weighted by Crippen LogP contribution is -2.62. The molecule has 8 heteroatoms. The van der Waals surface area contributed by atoms with Crippen molar-refractivity contribution in [1.29, 1.82) is 0 Å². The second-order valence-electron chi connectivity index (χ2n) is 9.51. The van der Waals surface area contributed by atoms with E-state index in [0.717, 1.165) is 49.1 Å². The van der Waals surface area contributed by atoms with Gasteiger partial charge in [0.25, 0.3) is 0 Å². The van der Waals surface area contributed by atoms with Crippen molar-refractivity contribution in [2.24, 2.45) is 5.41 Å². The number of aliphatic hydroxyl groups excluding tert-OH is 1. The fourth-order valence-electron chi connectivity index (χ4n) is 5.69. The summed E-state index contributed by atoms with van der Waals surface area (Å²) in [5.74, 6) is 2.53. The zero-order valence-electron chi connectivity index (χ0n) is 16.8. The Balaban J connectivity index is 1.16. The van der Waals surface area contributed by atoms with Crippen LogP contribution in [-0.4, -0.2) is 50.4 Å². The molecule has 1 N–H and O–H groups in total. The van der Waals surface area contributed by atoms with Crippen molar-refractivity contribution in [2.75, 3.05) is 35.4 Å². The van der Waals surface area contributed by atoms with Gasteiger partial charge in [-0.1, -0.05) is 23.7 Å². The van der Waals surface area contributed by atoms with Gasteiger partial charge in [-0.25, -0.2) is 4.98 Å². The molecule has 3 heterocycles. The fourth-order valence-corrected chi connectivity index (χ4v) is 7.11. The van der Waals surface area contributed by atoms with Crippen LogP contribution in [0, 0.1) is 5.41 Å². The fraction of sp³-hybridized carbons (Fsp3) is 0.545. The monoisotopic (exact) mass is 444 g/mol. The number of aromatic nitrogens is 2. The predicted molar refractivity (Wildman–Crippen MR) is 118 cm³/mol. The average Bonchev–Trinajstić information content (AvgIpc) is 2.97. The summed E-state index contributed by atoms with van der Waals surface area (Å²) in [6.45, 7) is 2.04. The van der Waals surface area contributed by atoms with Crippen LogP contribution < -0.4 is 9.80 Å². The molecule has 2 saturated carbocycles. The summed E-state index contributed by atoms with van der Waals surface area (Å²) < 4.78 is 12.6. The maximum atomic E-state index is 12.6. The van der Waals surface area contributed by atoms with Gasteiger partial charge in [0.2, 0.25) is 5.95 Å². The highest BCUT2D eigenvalue weighted by molar-refractivity contribution is 7.85. The van der Waals surface area contributed by atoms with E-state index in [1.165, 1.54) is 18.4 Å². The SMILES string of the molecule is O=S1CN(C2(CO)CCC2)c2nc(N3CC4(CC(c5ccc(Cl)cc5)C4)C3)ncc21. The van der Waals surface area contributed by atoms with E-state index < -0.39 is 10.8 Å². The Hall–Kier alpha value is -1.70. The third kappa shape index (κ3) is 2.75. The van der Waals surface area contributed by atoms with Crippen LogP contribution in [0.15, 0.2) is 35.4 Å². The number of benzene rings is 1.